The van der Waals surface area contributed by atoms with Crippen LogP contribution in [0.2, 0.25) is 0 Å². The van der Waals surface area contributed by atoms with Gasteiger partial charge in [0, 0.05) is 30.7 Å². The molecule has 126 valence electrons. The molecule has 0 bridgehead atoms. The summed E-state index contributed by atoms with van der Waals surface area (Å²) in [6.07, 6.45) is -0.892. The fraction of sp³-hybridized carbons (Fsp3) is 0.429. The minimum absolute atomic E-state index is 0.00744. The van der Waals surface area contributed by atoms with Gasteiger partial charge in [-0.2, -0.15) is 0 Å². The molecule has 0 saturated carbocycles. The SMILES string of the molecule is COCCNC(=O)[C@@H](C)OC(=O)CSc1ccc([N+](=O)[O-])cc1. The number of carbonyl (C=O) groups excluding carboxylic acids is 2. The average Bonchev–Trinajstić information content (AvgIpc) is 2.53. The number of esters is 1. The normalized spacial score (nSPS) is 11.6. The van der Waals surface area contributed by atoms with Crippen molar-refractivity contribution in [1.82, 2.24) is 5.32 Å². The second kappa shape index (κ2) is 9.80. The zero-order valence-corrected chi connectivity index (χ0v) is 13.6. The van der Waals surface area contributed by atoms with E-state index >= 15 is 0 Å². The van der Waals surface area contributed by atoms with Crippen LogP contribution in [0.5, 0.6) is 0 Å². The van der Waals surface area contributed by atoms with Crippen LogP contribution in [0.15, 0.2) is 29.2 Å². The number of amides is 1. The van der Waals surface area contributed by atoms with Crippen molar-refractivity contribution in [2.75, 3.05) is 26.0 Å². The average molecular weight is 342 g/mol. The number of nitrogens with zero attached hydrogens (tertiary/aromatic N) is 1. The Kier molecular flexibility index (Phi) is 8.06. The fourth-order valence-electron chi connectivity index (χ4n) is 1.51. The van der Waals surface area contributed by atoms with Gasteiger partial charge < -0.3 is 14.8 Å². The number of methoxy groups -OCH3 is 1. The Balaban J connectivity index is 2.35. The van der Waals surface area contributed by atoms with Crippen molar-refractivity contribution in [2.45, 2.75) is 17.9 Å². The maximum atomic E-state index is 11.7. The van der Waals surface area contributed by atoms with Crippen LogP contribution in [-0.2, 0) is 19.1 Å². The molecule has 0 aliphatic heterocycles. The second-order valence-corrected chi connectivity index (χ2v) is 5.50. The first kappa shape index (κ1) is 18.9. The van der Waals surface area contributed by atoms with E-state index < -0.39 is 22.9 Å². The summed E-state index contributed by atoms with van der Waals surface area (Å²) in [6, 6.07) is 5.83. The molecule has 0 saturated heterocycles. The molecular weight excluding hydrogens is 324 g/mol. The molecular formula is C14H18N2O6S. The van der Waals surface area contributed by atoms with Gasteiger partial charge in [0.1, 0.15) is 0 Å². The van der Waals surface area contributed by atoms with Crippen LogP contribution in [0.3, 0.4) is 0 Å². The van der Waals surface area contributed by atoms with Crippen LogP contribution in [0, 0.1) is 10.1 Å². The van der Waals surface area contributed by atoms with Gasteiger partial charge in [-0.3, -0.25) is 19.7 Å². The van der Waals surface area contributed by atoms with Crippen molar-refractivity contribution < 1.29 is 24.0 Å². The monoisotopic (exact) mass is 342 g/mol. The van der Waals surface area contributed by atoms with E-state index in [0.29, 0.717) is 18.0 Å². The Morgan fingerprint density at radius 2 is 2.00 bits per heavy atom. The lowest BCUT2D eigenvalue weighted by molar-refractivity contribution is -0.384. The van der Waals surface area contributed by atoms with Gasteiger partial charge in [0.05, 0.1) is 17.3 Å². The third kappa shape index (κ3) is 7.11. The van der Waals surface area contributed by atoms with Gasteiger partial charge >= 0.3 is 5.97 Å². The Bertz CT molecular complexity index is 549. The van der Waals surface area contributed by atoms with Crippen molar-refractivity contribution in [3.05, 3.63) is 34.4 Å². The van der Waals surface area contributed by atoms with Crippen molar-refractivity contribution >= 4 is 29.3 Å². The zero-order valence-electron chi connectivity index (χ0n) is 12.8. The predicted octanol–water partition coefficient (Wildman–Crippen LogP) is 1.38. The molecule has 9 heteroatoms. The molecule has 1 aromatic carbocycles. The molecule has 1 N–H and O–H groups in total. The number of thioether (sulfide) groups is 1. The van der Waals surface area contributed by atoms with E-state index in [4.69, 9.17) is 9.47 Å². The molecule has 0 fully saturated rings. The van der Waals surface area contributed by atoms with E-state index in [1.54, 1.807) is 12.1 Å². The number of nitrogens with one attached hydrogen (secondary N) is 1. The maximum absolute atomic E-state index is 11.7. The molecule has 0 heterocycles. The molecule has 1 atom stereocenters. The summed E-state index contributed by atoms with van der Waals surface area (Å²) >= 11 is 1.18. The molecule has 1 rings (SSSR count). The van der Waals surface area contributed by atoms with Crippen LogP contribution in [0.1, 0.15) is 6.92 Å². The number of nitro benzene ring substituents is 1. The minimum atomic E-state index is -0.892. The van der Waals surface area contributed by atoms with E-state index in [0.717, 1.165) is 0 Å². The number of nitro groups is 1. The van der Waals surface area contributed by atoms with E-state index in [-0.39, 0.29) is 11.4 Å². The smallest absolute Gasteiger partial charge is 0.317 e. The van der Waals surface area contributed by atoms with Crippen molar-refractivity contribution in [1.29, 1.82) is 0 Å². The third-order valence-corrected chi connectivity index (χ3v) is 3.67. The van der Waals surface area contributed by atoms with Gasteiger partial charge in [0.2, 0.25) is 0 Å². The number of hydrogen-bond acceptors (Lipinski definition) is 7. The number of ether oxygens (including phenoxy) is 2. The predicted molar refractivity (Wildman–Crippen MR) is 84.3 cm³/mol. The van der Waals surface area contributed by atoms with Gasteiger partial charge in [-0.1, -0.05) is 0 Å². The standard InChI is InChI=1S/C14H18N2O6S/c1-10(14(18)15-7-8-21-2)22-13(17)9-23-12-5-3-11(4-6-12)16(19)20/h3-6,10H,7-9H2,1-2H3,(H,15,18)/t10-/m1/s1. The Hall–Kier alpha value is -2.13. The molecule has 0 aliphatic rings. The molecule has 0 aliphatic carbocycles. The lowest BCUT2D eigenvalue weighted by Gasteiger charge is -2.13. The van der Waals surface area contributed by atoms with Crippen LogP contribution >= 0.6 is 11.8 Å². The fourth-order valence-corrected chi connectivity index (χ4v) is 2.19. The number of hydrogen-bond donors (Lipinski definition) is 1. The van der Waals surface area contributed by atoms with Gasteiger partial charge in [-0.25, -0.2) is 0 Å². The first-order chi connectivity index (χ1) is 10.9. The third-order valence-electron chi connectivity index (χ3n) is 2.69. The minimum Gasteiger partial charge on any atom is -0.452 e. The molecule has 0 radical (unpaired) electrons. The van der Waals surface area contributed by atoms with Gasteiger partial charge in [0.15, 0.2) is 6.10 Å². The lowest BCUT2D eigenvalue weighted by Crippen LogP contribution is -2.37. The van der Waals surface area contributed by atoms with Crippen molar-refractivity contribution in [3.8, 4) is 0 Å². The molecule has 0 spiro atoms. The largest absolute Gasteiger partial charge is 0.452 e. The highest BCUT2D eigenvalue weighted by atomic mass is 32.2. The van der Waals surface area contributed by atoms with E-state index in [2.05, 4.69) is 5.32 Å². The zero-order chi connectivity index (χ0) is 17.2. The summed E-state index contributed by atoms with van der Waals surface area (Å²) < 4.78 is 9.80. The van der Waals surface area contributed by atoms with Gasteiger partial charge in [-0.05, 0) is 19.1 Å². The molecule has 1 amide bonds. The Labute approximate surface area is 137 Å². The first-order valence-corrected chi connectivity index (χ1v) is 7.76. The summed E-state index contributed by atoms with van der Waals surface area (Å²) in [4.78, 5) is 34.0. The van der Waals surface area contributed by atoms with E-state index in [1.165, 1.54) is 37.9 Å². The van der Waals surface area contributed by atoms with Crippen LogP contribution in [0.4, 0.5) is 5.69 Å². The molecule has 23 heavy (non-hydrogen) atoms. The van der Waals surface area contributed by atoms with Crippen LogP contribution in [-0.4, -0.2) is 48.9 Å². The van der Waals surface area contributed by atoms with Crippen LogP contribution < -0.4 is 5.32 Å². The Morgan fingerprint density at radius 1 is 1.35 bits per heavy atom. The first-order valence-electron chi connectivity index (χ1n) is 6.77. The van der Waals surface area contributed by atoms with Crippen molar-refractivity contribution in [2.24, 2.45) is 0 Å². The Morgan fingerprint density at radius 3 is 2.57 bits per heavy atom. The maximum Gasteiger partial charge on any atom is 0.317 e. The second-order valence-electron chi connectivity index (χ2n) is 4.46. The van der Waals surface area contributed by atoms with Gasteiger partial charge in [0.25, 0.3) is 11.6 Å². The molecule has 8 nitrogen and oxygen atoms in total. The van der Waals surface area contributed by atoms with Gasteiger partial charge in [-0.15, -0.1) is 11.8 Å². The molecule has 0 unspecified atom stereocenters. The summed E-state index contributed by atoms with van der Waals surface area (Å²) in [5, 5.41) is 13.1. The number of benzene rings is 1. The topological polar surface area (TPSA) is 108 Å². The van der Waals surface area contributed by atoms with Crippen molar-refractivity contribution in [3.63, 3.8) is 0 Å². The highest BCUT2D eigenvalue weighted by Crippen LogP contribution is 2.21. The highest BCUT2D eigenvalue weighted by Gasteiger charge is 2.17. The number of carbonyl (C=O) groups is 2. The lowest BCUT2D eigenvalue weighted by atomic mass is 10.3. The van der Waals surface area contributed by atoms with E-state index in [9.17, 15) is 19.7 Å². The van der Waals surface area contributed by atoms with E-state index in [1.807, 2.05) is 0 Å². The summed E-state index contributed by atoms with van der Waals surface area (Å²) in [5.74, 6) is -0.925. The summed E-state index contributed by atoms with van der Waals surface area (Å²) in [7, 11) is 1.52. The number of non-ortho nitro benzene ring substituents is 1. The molecule has 0 aromatic heterocycles. The molecule has 1 aromatic rings. The number of rotatable bonds is 9. The summed E-state index contributed by atoms with van der Waals surface area (Å²) in [6.45, 7) is 2.20. The van der Waals surface area contributed by atoms with Crippen LogP contribution in [0.25, 0.3) is 0 Å². The highest BCUT2D eigenvalue weighted by molar-refractivity contribution is 8.00. The quantitative estimate of drug-likeness (QED) is 0.237. The summed E-state index contributed by atoms with van der Waals surface area (Å²) in [5.41, 5.74) is -0.0155.